The second-order valence-electron chi connectivity index (χ2n) is 9.15. The minimum Gasteiger partial charge on any atom is -0.376 e. The Morgan fingerprint density at radius 3 is 2.65 bits per heavy atom. The van der Waals surface area contributed by atoms with Crippen LogP contribution in [0.15, 0.2) is 53.4 Å². The topological polar surface area (TPSA) is 79.8 Å². The number of rotatable bonds is 6. The van der Waals surface area contributed by atoms with E-state index >= 15 is 0 Å². The van der Waals surface area contributed by atoms with Crippen LogP contribution in [0.4, 0.5) is 5.13 Å². The number of nitrogens with zero attached hydrogens (tertiary/aromatic N) is 3. The maximum Gasteiger partial charge on any atom is 0.260 e. The van der Waals surface area contributed by atoms with Crippen LogP contribution in [0.1, 0.15) is 43.0 Å². The number of hydrogen-bond donors (Lipinski definition) is 0. The van der Waals surface area contributed by atoms with Gasteiger partial charge in [0.1, 0.15) is 0 Å². The molecule has 180 valence electrons. The van der Waals surface area contributed by atoms with Gasteiger partial charge in [0.2, 0.25) is 10.0 Å². The Balaban J connectivity index is 1.41. The van der Waals surface area contributed by atoms with E-state index in [2.05, 4.69) is 6.92 Å². The van der Waals surface area contributed by atoms with Gasteiger partial charge in [-0.2, -0.15) is 4.31 Å². The lowest BCUT2D eigenvalue weighted by Crippen LogP contribution is -2.39. The van der Waals surface area contributed by atoms with E-state index in [1.54, 1.807) is 33.5 Å². The lowest BCUT2D eigenvalue weighted by Gasteiger charge is -2.30. The van der Waals surface area contributed by atoms with Gasteiger partial charge in [-0.25, -0.2) is 13.4 Å². The molecule has 2 saturated heterocycles. The Hall–Kier alpha value is -2.33. The van der Waals surface area contributed by atoms with Crippen LogP contribution in [-0.4, -0.2) is 56.0 Å². The second-order valence-corrected chi connectivity index (χ2v) is 12.1. The molecule has 2 aliphatic heterocycles. The highest BCUT2D eigenvalue weighted by Crippen LogP contribution is 2.31. The molecule has 2 unspecified atom stereocenters. The Labute approximate surface area is 204 Å². The van der Waals surface area contributed by atoms with Crippen molar-refractivity contribution >= 4 is 42.6 Å². The first kappa shape index (κ1) is 23.4. The lowest BCUT2D eigenvalue weighted by molar-refractivity contribution is 0.0917. The Morgan fingerprint density at radius 2 is 1.94 bits per heavy atom. The number of hydrogen-bond acceptors (Lipinski definition) is 6. The number of piperidine rings is 1. The number of sulfonamides is 1. The molecule has 0 saturated carbocycles. The monoisotopic (exact) mass is 499 g/mol. The third-order valence-electron chi connectivity index (χ3n) is 6.53. The number of carbonyl (C=O) groups excluding carboxylic acids is 1. The van der Waals surface area contributed by atoms with Crippen LogP contribution in [0.3, 0.4) is 0 Å². The molecular weight excluding hydrogens is 470 g/mol. The Bertz CT molecular complexity index is 1230. The van der Waals surface area contributed by atoms with E-state index in [0.717, 1.165) is 35.9 Å². The second kappa shape index (κ2) is 9.73. The molecule has 5 rings (SSSR count). The summed E-state index contributed by atoms with van der Waals surface area (Å²) >= 11 is 1.47. The van der Waals surface area contributed by atoms with Crippen LogP contribution in [0.25, 0.3) is 10.2 Å². The third kappa shape index (κ3) is 4.75. The van der Waals surface area contributed by atoms with E-state index in [-0.39, 0.29) is 16.9 Å². The smallest absolute Gasteiger partial charge is 0.260 e. The molecule has 2 aliphatic rings. The lowest BCUT2D eigenvalue weighted by atomic mass is 10.0. The van der Waals surface area contributed by atoms with Gasteiger partial charge < -0.3 is 4.74 Å². The first-order chi connectivity index (χ1) is 16.4. The summed E-state index contributed by atoms with van der Waals surface area (Å²) < 4.78 is 34.6. The summed E-state index contributed by atoms with van der Waals surface area (Å²) in [5.74, 6) is 0.148. The average Bonchev–Trinajstić information content (AvgIpc) is 3.52. The van der Waals surface area contributed by atoms with Gasteiger partial charge in [-0.15, -0.1) is 0 Å². The summed E-state index contributed by atoms with van der Waals surface area (Å²) in [4.78, 5) is 20.2. The maximum atomic E-state index is 13.6. The number of anilines is 1. The molecule has 2 fully saturated rings. The summed E-state index contributed by atoms with van der Waals surface area (Å²) in [7, 11) is -3.57. The van der Waals surface area contributed by atoms with Crippen molar-refractivity contribution in [3.05, 3.63) is 54.1 Å². The highest BCUT2D eigenvalue weighted by molar-refractivity contribution is 7.89. The van der Waals surface area contributed by atoms with Crippen LogP contribution < -0.4 is 4.90 Å². The molecule has 2 aromatic carbocycles. The summed E-state index contributed by atoms with van der Waals surface area (Å²) in [5.41, 5.74) is 1.29. The fourth-order valence-electron chi connectivity index (χ4n) is 4.65. The molecule has 2 atom stereocenters. The van der Waals surface area contributed by atoms with Gasteiger partial charge in [0, 0.05) is 25.3 Å². The van der Waals surface area contributed by atoms with E-state index in [1.165, 1.54) is 11.3 Å². The van der Waals surface area contributed by atoms with E-state index in [4.69, 9.17) is 9.72 Å². The first-order valence-corrected chi connectivity index (χ1v) is 14.1. The molecule has 1 amide bonds. The molecule has 9 heteroatoms. The zero-order valence-corrected chi connectivity index (χ0v) is 20.9. The van der Waals surface area contributed by atoms with E-state index in [1.807, 2.05) is 24.3 Å². The van der Waals surface area contributed by atoms with Crippen molar-refractivity contribution in [1.29, 1.82) is 0 Å². The highest BCUT2D eigenvalue weighted by atomic mass is 32.2. The fourth-order valence-corrected chi connectivity index (χ4v) is 7.23. The minimum absolute atomic E-state index is 0.0308. The van der Waals surface area contributed by atoms with Crippen molar-refractivity contribution in [2.24, 2.45) is 5.92 Å². The van der Waals surface area contributed by atoms with Crippen molar-refractivity contribution in [3.8, 4) is 0 Å². The number of carbonyl (C=O) groups is 1. The van der Waals surface area contributed by atoms with Crippen molar-refractivity contribution in [1.82, 2.24) is 9.29 Å². The first-order valence-electron chi connectivity index (χ1n) is 11.8. The molecule has 0 aliphatic carbocycles. The van der Waals surface area contributed by atoms with E-state index in [9.17, 15) is 13.2 Å². The third-order valence-corrected chi connectivity index (χ3v) is 9.47. The van der Waals surface area contributed by atoms with E-state index in [0.29, 0.717) is 42.9 Å². The van der Waals surface area contributed by atoms with Gasteiger partial charge in [-0.3, -0.25) is 9.69 Å². The number of ether oxygens (including phenoxy) is 1. The summed E-state index contributed by atoms with van der Waals surface area (Å²) in [6, 6.07) is 14.1. The number of aromatic nitrogens is 1. The molecule has 1 aromatic heterocycles. The molecule has 3 heterocycles. The van der Waals surface area contributed by atoms with Gasteiger partial charge in [-0.1, -0.05) is 30.4 Å². The molecule has 0 bridgehead atoms. The largest absolute Gasteiger partial charge is 0.376 e. The zero-order valence-electron chi connectivity index (χ0n) is 19.2. The van der Waals surface area contributed by atoms with Gasteiger partial charge in [0.05, 0.1) is 27.8 Å². The minimum atomic E-state index is -3.57. The zero-order chi connectivity index (χ0) is 23.7. The predicted molar refractivity (Wildman–Crippen MR) is 134 cm³/mol. The molecule has 3 aromatic rings. The average molecular weight is 500 g/mol. The Kier molecular flexibility index (Phi) is 6.70. The van der Waals surface area contributed by atoms with E-state index < -0.39 is 10.0 Å². The summed E-state index contributed by atoms with van der Waals surface area (Å²) in [6.45, 7) is 4.28. The van der Waals surface area contributed by atoms with Crippen molar-refractivity contribution in [2.75, 3.05) is 31.1 Å². The maximum absolute atomic E-state index is 13.6. The van der Waals surface area contributed by atoms with Crippen molar-refractivity contribution < 1.29 is 17.9 Å². The molecule has 0 spiro atoms. The van der Waals surface area contributed by atoms with Crippen LogP contribution in [-0.2, 0) is 14.8 Å². The number of thiazole rings is 1. The molecule has 0 radical (unpaired) electrons. The number of fused-ring (bicyclic) bond motifs is 1. The van der Waals surface area contributed by atoms with Gasteiger partial charge >= 0.3 is 0 Å². The van der Waals surface area contributed by atoms with Crippen molar-refractivity contribution in [2.45, 2.75) is 43.6 Å². The highest BCUT2D eigenvalue weighted by Gasteiger charge is 2.30. The fraction of sp³-hybridized carbons (Fsp3) is 0.440. The van der Waals surface area contributed by atoms with Crippen LogP contribution in [0, 0.1) is 5.92 Å². The normalized spacial score (nSPS) is 21.7. The van der Waals surface area contributed by atoms with Gasteiger partial charge in [-0.05, 0) is 68.0 Å². The number of para-hydroxylation sites is 1. The van der Waals surface area contributed by atoms with Crippen LogP contribution in [0.2, 0.25) is 0 Å². The van der Waals surface area contributed by atoms with Crippen molar-refractivity contribution in [3.63, 3.8) is 0 Å². The SMILES string of the molecule is CC1CCCN(S(=O)(=O)c2ccc(C(=O)N(CC3CCCO3)c3nc4ccccc4s3)cc2)C1. The standard InChI is InChI=1S/C25H29N3O4S2/c1-18-6-4-14-27(16-18)34(30,31)21-12-10-19(11-13-21)24(29)28(17-20-7-5-15-32-20)25-26-22-8-2-3-9-23(22)33-25/h2-3,8-13,18,20H,4-7,14-17H2,1H3. The van der Waals surface area contributed by atoms with Gasteiger partial charge in [0.25, 0.3) is 5.91 Å². The van der Waals surface area contributed by atoms with Crippen LogP contribution >= 0.6 is 11.3 Å². The summed E-state index contributed by atoms with van der Waals surface area (Å²) in [6.07, 6.45) is 3.77. The quantitative estimate of drug-likeness (QED) is 0.497. The molecular formula is C25H29N3O4S2. The predicted octanol–water partition coefficient (Wildman–Crippen LogP) is 4.54. The number of benzene rings is 2. The molecule has 34 heavy (non-hydrogen) atoms. The van der Waals surface area contributed by atoms with Gasteiger partial charge in [0.15, 0.2) is 5.13 Å². The summed E-state index contributed by atoms with van der Waals surface area (Å²) in [5, 5.41) is 0.626. The Morgan fingerprint density at radius 1 is 1.15 bits per heavy atom. The number of amides is 1. The van der Waals surface area contributed by atoms with Crippen LogP contribution in [0.5, 0.6) is 0 Å². The molecule has 7 nitrogen and oxygen atoms in total. The molecule has 0 N–H and O–H groups in total.